The number of rotatable bonds is 3. The highest BCUT2D eigenvalue weighted by molar-refractivity contribution is 5.86. The second-order valence-electron chi connectivity index (χ2n) is 5.09. The predicted molar refractivity (Wildman–Crippen MR) is 82.3 cm³/mol. The van der Waals surface area contributed by atoms with Gasteiger partial charge in [-0.15, -0.1) is 0 Å². The number of H-pyrrole nitrogens is 1. The summed E-state index contributed by atoms with van der Waals surface area (Å²) < 4.78 is 10.4. The van der Waals surface area contributed by atoms with E-state index in [-0.39, 0.29) is 0 Å². The van der Waals surface area contributed by atoms with Crippen molar-refractivity contribution in [3.63, 3.8) is 0 Å². The molecule has 1 amide bonds. The van der Waals surface area contributed by atoms with Crippen LogP contribution < -0.4 is 15.0 Å². The number of ether oxygens (including phenoxy) is 2. The number of anilines is 2. The first-order valence-corrected chi connectivity index (χ1v) is 7.02. The van der Waals surface area contributed by atoms with Gasteiger partial charge in [0.25, 0.3) is 0 Å². The van der Waals surface area contributed by atoms with Crippen LogP contribution in [0.5, 0.6) is 5.75 Å². The average molecular weight is 302 g/mol. The summed E-state index contributed by atoms with van der Waals surface area (Å²) in [5, 5.41) is 2.70. The number of imidazole rings is 1. The molecule has 0 unspecified atom stereocenters. The Morgan fingerprint density at radius 1 is 1.55 bits per heavy atom. The van der Waals surface area contributed by atoms with E-state index >= 15 is 0 Å². The van der Waals surface area contributed by atoms with E-state index in [1.165, 1.54) is 7.11 Å². The molecule has 22 heavy (non-hydrogen) atoms. The molecule has 2 heterocycles. The van der Waals surface area contributed by atoms with Crippen LogP contribution in [0, 0.1) is 6.92 Å². The summed E-state index contributed by atoms with van der Waals surface area (Å²) in [5.74, 6) is 0.845. The summed E-state index contributed by atoms with van der Waals surface area (Å²) in [6.45, 7) is 4.03. The smallest absolute Gasteiger partial charge is 0.411 e. The van der Waals surface area contributed by atoms with Crippen LogP contribution in [0.15, 0.2) is 24.7 Å². The van der Waals surface area contributed by atoms with Crippen LogP contribution in [0.2, 0.25) is 0 Å². The first-order chi connectivity index (χ1) is 10.7. The molecule has 0 saturated carbocycles. The first-order valence-electron chi connectivity index (χ1n) is 7.02. The molecule has 7 nitrogen and oxygen atoms in total. The van der Waals surface area contributed by atoms with Gasteiger partial charge in [-0.1, -0.05) is 0 Å². The highest BCUT2D eigenvalue weighted by Gasteiger charge is 2.22. The van der Waals surface area contributed by atoms with Gasteiger partial charge in [0.15, 0.2) is 0 Å². The first kappa shape index (κ1) is 14.2. The molecule has 2 N–H and O–H groups in total. The number of nitrogens with zero attached hydrogens (tertiary/aromatic N) is 2. The Kier molecular flexibility index (Phi) is 3.86. The van der Waals surface area contributed by atoms with E-state index in [4.69, 9.17) is 4.74 Å². The molecule has 0 aliphatic carbocycles. The van der Waals surface area contributed by atoms with Crippen molar-refractivity contribution >= 4 is 17.5 Å². The SMILES string of the molecule is COC(=O)Nc1cc(C)c2c(c1)N(Cc1c[nH]cn1)CCO2. The standard InChI is InChI=1S/C15H18N4O3/c1-10-5-11(18-15(20)21-2)6-13-14(10)22-4-3-19(13)8-12-7-16-9-17-12/h5-7,9H,3-4,8H2,1-2H3,(H,16,17)(H,18,20). The number of carbonyl (C=O) groups is 1. The van der Waals surface area contributed by atoms with Gasteiger partial charge in [0.2, 0.25) is 0 Å². The molecule has 7 heteroatoms. The maximum Gasteiger partial charge on any atom is 0.411 e. The molecule has 0 saturated heterocycles. The largest absolute Gasteiger partial charge is 0.489 e. The Labute approximate surface area is 128 Å². The van der Waals surface area contributed by atoms with E-state index in [0.717, 1.165) is 29.2 Å². The number of aromatic nitrogens is 2. The minimum absolute atomic E-state index is 0.491. The van der Waals surface area contributed by atoms with Gasteiger partial charge in [-0.25, -0.2) is 9.78 Å². The van der Waals surface area contributed by atoms with Gasteiger partial charge < -0.3 is 19.4 Å². The van der Waals surface area contributed by atoms with Crippen molar-refractivity contribution < 1.29 is 14.3 Å². The molecular formula is C15H18N4O3. The van der Waals surface area contributed by atoms with Crippen molar-refractivity contribution in [1.82, 2.24) is 9.97 Å². The Bertz CT molecular complexity index is 670. The monoisotopic (exact) mass is 302 g/mol. The Morgan fingerprint density at radius 2 is 2.41 bits per heavy atom. The van der Waals surface area contributed by atoms with Crippen LogP contribution in [-0.2, 0) is 11.3 Å². The molecule has 0 bridgehead atoms. The molecule has 116 valence electrons. The van der Waals surface area contributed by atoms with E-state index in [0.29, 0.717) is 18.8 Å². The van der Waals surface area contributed by atoms with E-state index in [1.54, 1.807) is 6.33 Å². The minimum Gasteiger partial charge on any atom is -0.489 e. The predicted octanol–water partition coefficient (Wildman–Crippen LogP) is 2.30. The molecule has 0 spiro atoms. The van der Waals surface area contributed by atoms with Crippen molar-refractivity contribution in [1.29, 1.82) is 0 Å². The second-order valence-corrected chi connectivity index (χ2v) is 5.09. The molecule has 1 aliphatic heterocycles. The van der Waals surface area contributed by atoms with Crippen LogP contribution in [-0.4, -0.2) is 36.3 Å². The fourth-order valence-corrected chi connectivity index (χ4v) is 2.53. The van der Waals surface area contributed by atoms with E-state index in [2.05, 4.69) is 24.9 Å². The lowest BCUT2D eigenvalue weighted by atomic mass is 10.1. The van der Waals surface area contributed by atoms with Gasteiger partial charge in [0.05, 0.1) is 37.9 Å². The topological polar surface area (TPSA) is 79.5 Å². The molecule has 0 atom stereocenters. The van der Waals surface area contributed by atoms with E-state index in [9.17, 15) is 4.79 Å². The third-order valence-corrected chi connectivity index (χ3v) is 3.54. The number of hydrogen-bond acceptors (Lipinski definition) is 5. The summed E-state index contributed by atoms with van der Waals surface area (Å²) in [6.07, 6.45) is 3.05. The van der Waals surface area contributed by atoms with Crippen LogP contribution in [0.1, 0.15) is 11.3 Å². The number of hydrogen-bond donors (Lipinski definition) is 2. The van der Waals surface area contributed by atoms with Gasteiger partial charge in [0, 0.05) is 11.9 Å². The third-order valence-electron chi connectivity index (χ3n) is 3.54. The Hall–Kier alpha value is -2.70. The maximum absolute atomic E-state index is 11.4. The summed E-state index contributed by atoms with van der Waals surface area (Å²) >= 11 is 0. The van der Waals surface area contributed by atoms with Gasteiger partial charge in [-0.05, 0) is 24.6 Å². The minimum atomic E-state index is -0.491. The number of methoxy groups -OCH3 is 1. The Balaban J connectivity index is 1.91. The van der Waals surface area contributed by atoms with Crippen molar-refractivity contribution in [3.05, 3.63) is 35.9 Å². The highest BCUT2D eigenvalue weighted by Crippen LogP contribution is 2.38. The second kappa shape index (κ2) is 5.97. The van der Waals surface area contributed by atoms with Crippen LogP contribution in [0.4, 0.5) is 16.2 Å². The lowest BCUT2D eigenvalue weighted by Gasteiger charge is -2.32. The summed E-state index contributed by atoms with van der Waals surface area (Å²) in [7, 11) is 1.34. The van der Waals surface area contributed by atoms with Crippen LogP contribution in [0.25, 0.3) is 0 Å². The van der Waals surface area contributed by atoms with Crippen LogP contribution in [0.3, 0.4) is 0 Å². The highest BCUT2D eigenvalue weighted by atomic mass is 16.5. The van der Waals surface area contributed by atoms with Gasteiger partial charge in [-0.3, -0.25) is 5.32 Å². The zero-order valence-corrected chi connectivity index (χ0v) is 12.5. The zero-order valence-electron chi connectivity index (χ0n) is 12.5. The number of aromatic amines is 1. The number of nitrogens with one attached hydrogen (secondary N) is 2. The number of amides is 1. The van der Waals surface area contributed by atoms with E-state index < -0.39 is 6.09 Å². The molecule has 0 radical (unpaired) electrons. The number of fused-ring (bicyclic) bond motifs is 1. The van der Waals surface area contributed by atoms with Crippen molar-refractivity contribution in [2.45, 2.75) is 13.5 Å². The number of benzene rings is 1. The lowest BCUT2D eigenvalue weighted by molar-refractivity contribution is 0.187. The fraction of sp³-hybridized carbons (Fsp3) is 0.333. The van der Waals surface area contributed by atoms with Gasteiger partial charge in [0.1, 0.15) is 12.4 Å². The van der Waals surface area contributed by atoms with Crippen LogP contribution >= 0.6 is 0 Å². The molecule has 1 aromatic heterocycles. The van der Waals surface area contributed by atoms with Gasteiger partial charge in [-0.2, -0.15) is 0 Å². The number of aryl methyl sites for hydroxylation is 1. The fourth-order valence-electron chi connectivity index (χ4n) is 2.53. The molecule has 1 aliphatic rings. The summed E-state index contributed by atoms with van der Waals surface area (Å²) in [4.78, 5) is 20.8. The quantitative estimate of drug-likeness (QED) is 0.909. The lowest BCUT2D eigenvalue weighted by Crippen LogP contribution is -2.32. The molecule has 1 aromatic carbocycles. The average Bonchev–Trinajstić information content (AvgIpc) is 3.01. The molecule has 0 fully saturated rings. The van der Waals surface area contributed by atoms with Crippen molar-refractivity contribution in [3.8, 4) is 5.75 Å². The number of carbonyl (C=O) groups excluding carboxylic acids is 1. The molecular weight excluding hydrogens is 284 g/mol. The molecule has 2 aromatic rings. The van der Waals surface area contributed by atoms with Crippen molar-refractivity contribution in [2.24, 2.45) is 0 Å². The maximum atomic E-state index is 11.4. The normalized spacial score (nSPS) is 13.3. The van der Waals surface area contributed by atoms with Crippen molar-refractivity contribution in [2.75, 3.05) is 30.5 Å². The zero-order chi connectivity index (χ0) is 15.5. The van der Waals surface area contributed by atoms with E-state index in [1.807, 2.05) is 25.3 Å². The third kappa shape index (κ3) is 2.83. The summed E-state index contributed by atoms with van der Waals surface area (Å²) in [6, 6.07) is 3.76. The molecule has 3 rings (SSSR count). The Morgan fingerprint density at radius 3 is 3.14 bits per heavy atom. The van der Waals surface area contributed by atoms with Gasteiger partial charge >= 0.3 is 6.09 Å². The summed E-state index contributed by atoms with van der Waals surface area (Å²) in [5.41, 5.74) is 3.55.